The molecule has 7 heteroatoms. The van der Waals surface area contributed by atoms with Gasteiger partial charge >= 0.3 is 11.9 Å². The largest absolute Gasteiger partial charge is 0.478 e. The van der Waals surface area contributed by atoms with Crippen LogP contribution in [0.5, 0.6) is 0 Å². The molecule has 6 nitrogen and oxygen atoms in total. The predicted molar refractivity (Wildman–Crippen MR) is 103 cm³/mol. The second-order valence-corrected chi connectivity index (χ2v) is 7.32. The van der Waals surface area contributed by atoms with Gasteiger partial charge < -0.3 is 9.84 Å². The Bertz CT molecular complexity index is 923. The number of carbonyl (C=O) groups excluding carboxylic acids is 2. The number of benzene rings is 2. The number of hydrogen-bond donors (Lipinski definition) is 1. The Morgan fingerprint density at radius 2 is 1.81 bits per heavy atom. The lowest BCUT2D eigenvalue weighted by Crippen LogP contribution is -2.30. The lowest BCUT2D eigenvalue weighted by atomic mass is 10.0. The van der Waals surface area contributed by atoms with Crippen molar-refractivity contribution in [2.75, 3.05) is 17.8 Å². The summed E-state index contributed by atoms with van der Waals surface area (Å²) in [4.78, 5) is 37.6. The number of amides is 1. The molecule has 1 N–H and O–H groups in total. The molecule has 0 aromatic heterocycles. The Kier molecular flexibility index (Phi) is 5.23. The molecule has 1 amide bonds. The molecular weight excluding hydrogens is 366 g/mol. The number of ether oxygens (including phenoxy) is 1. The van der Waals surface area contributed by atoms with Gasteiger partial charge in [-0.2, -0.15) is 0 Å². The molecule has 1 unspecified atom stereocenters. The van der Waals surface area contributed by atoms with Crippen molar-refractivity contribution in [2.45, 2.75) is 19.2 Å². The lowest BCUT2D eigenvalue weighted by molar-refractivity contribution is -0.115. The quantitative estimate of drug-likeness (QED) is 0.810. The summed E-state index contributed by atoms with van der Waals surface area (Å²) in [5.74, 6) is -1.39. The highest BCUT2D eigenvalue weighted by atomic mass is 32.2. The molecule has 0 aliphatic carbocycles. The Morgan fingerprint density at radius 3 is 2.41 bits per heavy atom. The van der Waals surface area contributed by atoms with Gasteiger partial charge in [0.15, 0.2) is 0 Å². The van der Waals surface area contributed by atoms with E-state index >= 15 is 0 Å². The summed E-state index contributed by atoms with van der Waals surface area (Å²) in [6.07, 6.45) is 0. The first-order chi connectivity index (χ1) is 12.8. The number of anilines is 1. The van der Waals surface area contributed by atoms with Gasteiger partial charge in [-0.15, -0.1) is 11.8 Å². The lowest BCUT2D eigenvalue weighted by Gasteiger charge is -2.28. The molecule has 2 aromatic carbocycles. The standard InChI is InChI=1S/C20H19NO5S/c1-11-4-9-15(19(23)24)17(12(11)2)21-16(22)10-27-18(21)13-5-7-14(8-6-13)20(25)26-3/h4-9,18H,10H2,1-3H3,(H,23,24). The second kappa shape index (κ2) is 7.44. The number of aryl methyl sites for hydroxylation is 1. The monoisotopic (exact) mass is 385 g/mol. The molecule has 1 heterocycles. The predicted octanol–water partition coefficient (Wildman–Crippen LogP) is 3.57. The Balaban J connectivity index is 2.07. The molecule has 2 aromatic rings. The fourth-order valence-corrected chi connectivity index (χ4v) is 4.26. The number of methoxy groups -OCH3 is 1. The molecule has 1 fully saturated rings. The maximum absolute atomic E-state index is 12.7. The molecule has 0 spiro atoms. The van der Waals surface area contributed by atoms with Gasteiger partial charge in [0, 0.05) is 0 Å². The summed E-state index contributed by atoms with van der Waals surface area (Å²) in [5, 5.41) is 9.25. The summed E-state index contributed by atoms with van der Waals surface area (Å²) < 4.78 is 4.71. The maximum atomic E-state index is 12.7. The molecule has 1 aliphatic rings. The molecule has 1 aliphatic heterocycles. The minimum Gasteiger partial charge on any atom is -0.478 e. The Hall–Kier alpha value is -2.80. The first-order valence-electron chi connectivity index (χ1n) is 8.30. The molecule has 0 radical (unpaired) electrons. The fraction of sp³-hybridized carbons (Fsp3) is 0.250. The summed E-state index contributed by atoms with van der Waals surface area (Å²) in [6.45, 7) is 3.71. The summed E-state index contributed by atoms with van der Waals surface area (Å²) in [7, 11) is 1.32. The van der Waals surface area contributed by atoms with Crippen molar-refractivity contribution in [2.24, 2.45) is 0 Å². The van der Waals surface area contributed by atoms with E-state index in [1.54, 1.807) is 35.2 Å². The van der Waals surface area contributed by atoms with E-state index in [-0.39, 0.29) is 22.6 Å². The van der Waals surface area contributed by atoms with E-state index in [1.807, 2.05) is 13.8 Å². The van der Waals surface area contributed by atoms with E-state index in [9.17, 15) is 19.5 Å². The van der Waals surface area contributed by atoms with E-state index in [0.717, 1.165) is 16.7 Å². The van der Waals surface area contributed by atoms with Crippen LogP contribution in [0, 0.1) is 13.8 Å². The zero-order valence-electron chi connectivity index (χ0n) is 15.2. The average Bonchev–Trinajstić information content (AvgIpc) is 3.04. The van der Waals surface area contributed by atoms with Crippen LogP contribution >= 0.6 is 11.8 Å². The molecule has 3 rings (SSSR count). The summed E-state index contributed by atoms with van der Waals surface area (Å²) in [5.41, 5.74) is 3.45. The third-order valence-corrected chi connectivity index (χ3v) is 5.87. The van der Waals surface area contributed by atoms with Gasteiger partial charge in [-0.25, -0.2) is 9.59 Å². The maximum Gasteiger partial charge on any atom is 0.337 e. The number of carbonyl (C=O) groups is 3. The van der Waals surface area contributed by atoms with Crippen molar-refractivity contribution < 1.29 is 24.2 Å². The number of carboxylic acids is 1. The van der Waals surface area contributed by atoms with E-state index in [1.165, 1.54) is 24.9 Å². The smallest absolute Gasteiger partial charge is 0.337 e. The average molecular weight is 385 g/mol. The number of nitrogens with zero attached hydrogens (tertiary/aromatic N) is 1. The highest BCUT2D eigenvalue weighted by Gasteiger charge is 2.37. The van der Waals surface area contributed by atoms with Crippen molar-refractivity contribution in [1.82, 2.24) is 0 Å². The van der Waals surface area contributed by atoms with Crippen molar-refractivity contribution in [1.29, 1.82) is 0 Å². The fourth-order valence-electron chi connectivity index (χ4n) is 3.10. The molecule has 140 valence electrons. The van der Waals surface area contributed by atoms with Crippen LogP contribution < -0.4 is 4.90 Å². The van der Waals surface area contributed by atoms with Gasteiger partial charge in [-0.3, -0.25) is 9.69 Å². The highest BCUT2D eigenvalue weighted by Crippen LogP contribution is 2.44. The van der Waals surface area contributed by atoms with Crippen LogP contribution in [0.4, 0.5) is 5.69 Å². The highest BCUT2D eigenvalue weighted by molar-refractivity contribution is 8.00. The topological polar surface area (TPSA) is 83.9 Å². The molecule has 0 saturated carbocycles. The van der Waals surface area contributed by atoms with Crippen molar-refractivity contribution >= 4 is 35.3 Å². The summed E-state index contributed by atoms with van der Waals surface area (Å²) >= 11 is 1.43. The number of rotatable bonds is 4. The number of carboxylic acid groups (broad SMARTS) is 1. The minimum atomic E-state index is -1.07. The van der Waals surface area contributed by atoms with Crippen LogP contribution in [0.2, 0.25) is 0 Å². The summed E-state index contributed by atoms with van der Waals surface area (Å²) in [6, 6.07) is 10.1. The van der Waals surface area contributed by atoms with Crippen molar-refractivity contribution in [3.05, 3.63) is 64.2 Å². The number of aromatic carboxylic acids is 1. The van der Waals surface area contributed by atoms with Crippen LogP contribution in [0.3, 0.4) is 0 Å². The number of hydrogen-bond acceptors (Lipinski definition) is 5. The van der Waals surface area contributed by atoms with Gasteiger partial charge in [0.05, 0.1) is 29.7 Å². The van der Waals surface area contributed by atoms with Crippen LogP contribution in [0.15, 0.2) is 36.4 Å². The van der Waals surface area contributed by atoms with Crippen LogP contribution in [0.25, 0.3) is 0 Å². The van der Waals surface area contributed by atoms with E-state index in [2.05, 4.69) is 0 Å². The van der Waals surface area contributed by atoms with Crippen molar-refractivity contribution in [3.8, 4) is 0 Å². The van der Waals surface area contributed by atoms with E-state index in [0.29, 0.717) is 11.3 Å². The van der Waals surface area contributed by atoms with E-state index in [4.69, 9.17) is 4.74 Å². The molecule has 27 heavy (non-hydrogen) atoms. The Labute approximate surface area is 161 Å². The zero-order valence-corrected chi connectivity index (χ0v) is 16.0. The SMILES string of the molecule is COC(=O)c1ccc(C2SCC(=O)N2c2c(C(=O)O)ccc(C)c2C)cc1. The molecule has 0 bridgehead atoms. The van der Waals surface area contributed by atoms with Gasteiger partial charge in [0.1, 0.15) is 5.37 Å². The Morgan fingerprint density at radius 1 is 1.15 bits per heavy atom. The molecule has 1 atom stereocenters. The molecular formula is C20H19NO5S. The first-order valence-corrected chi connectivity index (χ1v) is 9.35. The van der Waals surface area contributed by atoms with Crippen LogP contribution in [-0.2, 0) is 9.53 Å². The molecule has 1 saturated heterocycles. The second-order valence-electron chi connectivity index (χ2n) is 6.25. The van der Waals surface area contributed by atoms with Gasteiger partial charge in [0.25, 0.3) is 0 Å². The normalized spacial score (nSPS) is 16.5. The van der Waals surface area contributed by atoms with Crippen LogP contribution in [0.1, 0.15) is 42.8 Å². The van der Waals surface area contributed by atoms with E-state index < -0.39 is 11.9 Å². The third kappa shape index (κ3) is 3.42. The van der Waals surface area contributed by atoms with Gasteiger partial charge in [-0.05, 0) is 48.7 Å². The third-order valence-electron chi connectivity index (χ3n) is 4.66. The minimum absolute atomic E-state index is 0.102. The number of esters is 1. The zero-order chi connectivity index (χ0) is 19.7. The number of thioether (sulfide) groups is 1. The van der Waals surface area contributed by atoms with Gasteiger partial charge in [0.2, 0.25) is 5.91 Å². The van der Waals surface area contributed by atoms with Crippen molar-refractivity contribution in [3.63, 3.8) is 0 Å². The first kappa shape index (κ1) is 19.0. The van der Waals surface area contributed by atoms with Crippen LogP contribution in [-0.4, -0.2) is 35.8 Å². The van der Waals surface area contributed by atoms with Gasteiger partial charge in [-0.1, -0.05) is 18.2 Å².